The minimum Gasteiger partial charge on any atom is -0.478 e. The predicted molar refractivity (Wildman–Crippen MR) is 102 cm³/mol. The molecule has 4 heteroatoms. The van der Waals surface area contributed by atoms with Gasteiger partial charge in [0, 0.05) is 10.9 Å². The third-order valence-electron chi connectivity index (χ3n) is 4.34. The first-order valence-electron chi connectivity index (χ1n) is 8.52. The molecule has 0 bridgehead atoms. The number of unbranched alkanes of at least 4 members (excludes halogenated alkanes) is 2. The standard InChI is InChI=1S/C21H20ClNO2/c1-2-3-4-6-14-9-11-15(12-10-14)19-13-17(21(24)25)16-7-5-8-18(22)20(16)23-19/h5,7-13H,2-4,6H2,1H3,(H,24,25). The van der Waals surface area contributed by atoms with Gasteiger partial charge in [0.15, 0.2) is 0 Å². The lowest BCUT2D eigenvalue weighted by Crippen LogP contribution is -2.00. The first-order valence-corrected chi connectivity index (χ1v) is 8.90. The van der Waals surface area contributed by atoms with E-state index < -0.39 is 5.97 Å². The molecule has 0 aliphatic rings. The summed E-state index contributed by atoms with van der Waals surface area (Å²) in [5.41, 5.74) is 3.54. The molecule has 1 aromatic heterocycles. The van der Waals surface area contributed by atoms with Crippen LogP contribution in [-0.2, 0) is 6.42 Å². The Labute approximate surface area is 152 Å². The highest BCUT2D eigenvalue weighted by Crippen LogP contribution is 2.29. The number of pyridine rings is 1. The van der Waals surface area contributed by atoms with Crippen molar-refractivity contribution in [3.05, 3.63) is 64.7 Å². The van der Waals surface area contributed by atoms with Gasteiger partial charge in [0.1, 0.15) is 0 Å². The van der Waals surface area contributed by atoms with Gasteiger partial charge in [-0.25, -0.2) is 9.78 Å². The lowest BCUT2D eigenvalue weighted by molar-refractivity contribution is 0.0699. The van der Waals surface area contributed by atoms with Crippen LogP contribution in [0.4, 0.5) is 0 Å². The highest BCUT2D eigenvalue weighted by atomic mass is 35.5. The van der Waals surface area contributed by atoms with Crippen LogP contribution in [0.25, 0.3) is 22.2 Å². The Bertz CT molecular complexity index is 904. The molecule has 0 amide bonds. The fourth-order valence-corrected chi connectivity index (χ4v) is 3.18. The lowest BCUT2D eigenvalue weighted by Gasteiger charge is -2.09. The van der Waals surface area contributed by atoms with E-state index >= 15 is 0 Å². The molecule has 0 atom stereocenters. The van der Waals surface area contributed by atoms with Gasteiger partial charge in [0.25, 0.3) is 0 Å². The van der Waals surface area contributed by atoms with Crippen molar-refractivity contribution >= 4 is 28.5 Å². The zero-order valence-corrected chi connectivity index (χ0v) is 14.9. The molecule has 2 aromatic carbocycles. The van der Waals surface area contributed by atoms with Gasteiger partial charge < -0.3 is 5.11 Å². The van der Waals surface area contributed by atoms with Crippen LogP contribution in [0.3, 0.4) is 0 Å². The number of hydrogen-bond donors (Lipinski definition) is 1. The molecule has 0 radical (unpaired) electrons. The number of aromatic carboxylic acids is 1. The number of carbonyl (C=O) groups is 1. The molecule has 128 valence electrons. The molecule has 3 nitrogen and oxygen atoms in total. The van der Waals surface area contributed by atoms with E-state index in [0.717, 1.165) is 12.0 Å². The van der Waals surface area contributed by atoms with Crippen molar-refractivity contribution in [1.29, 1.82) is 0 Å². The number of para-hydroxylation sites is 1. The summed E-state index contributed by atoms with van der Waals surface area (Å²) in [6.07, 6.45) is 4.68. The molecule has 0 aliphatic carbocycles. The van der Waals surface area contributed by atoms with Crippen LogP contribution in [0.5, 0.6) is 0 Å². The number of aromatic nitrogens is 1. The summed E-state index contributed by atoms with van der Waals surface area (Å²) in [6.45, 7) is 2.19. The summed E-state index contributed by atoms with van der Waals surface area (Å²) >= 11 is 6.23. The van der Waals surface area contributed by atoms with Gasteiger partial charge in [-0.1, -0.05) is 67.8 Å². The van der Waals surface area contributed by atoms with Crippen LogP contribution in [0.2, 0.25) is 5.02 Å². The summed E-state index contributed by atoms with van der Waals surface area (Å²) in [6, 6.07) is 15.0. The van der Waals surface area contributed by atoms with Crippen molar-refractivity contribution in [2.75, 3.05) is 0 Å². The molecule has 1 heterocycles. The number of halogens is 1. The number of fused-ring (bicyclic) bond motifs is 1. The third kappa shape index (κ3) is 3.83. The Morgan fingerprint density at radius 1 is 1.12 bits per heavy atom. The molecular formula is C21H20ClNO2. The van der Waals surface area contributed by atoms with E-state index in [-0.39, 0.29) is 5.56 Å². The largest absolute Gasteiger partial charge is 0.478 e. The van der Waals surface area contributed by atoms with Crippen molar-refractivity contribution < 1.29 is 9.90 Å². The molecule has 0 saturated carbocycles. The maximum Gasteiger partial charge on any atom is 0.336 e. The smallest absolute Gasteiger partial charge is 0.336 e. The van der Waals surface area contributed by atoms with Crippen molar-refractivity contribution in [2.24, 2.45) is 0 Å². The Kier molecular flexibility index (Phi) is 5.34. The maximum atomic E-state index is 11.6. The first-order chi connectivity index (χ1) is 12.1. The van der Waals surface area contributed by atoms with E-state index in [0.29, 0.717) is 21.6 Å². The lowest BCUT2D eigenvalue weighted by atomic mass is 10.0. The van der Waals surface area contributed by atoms with Crippen LogP contribution in [0, 0.1) is 0 Å². The van der Waals surface area contributed by atoms with Crippen molar-refractivity contribution in [2.45, 2.75) is 32.6 Å². The van der Waals surface area contributed by atoms with E-state index in [1.807, 2.05) is 12.1 Å². The topological polar surface area (TPSA) is 50.2 Å². The van der Waals surface area contributed by atoms with Crippen LogP contribution >= 0.6 is 11.6 Å². The van der Waals surface area contributed by atoms with Crippen LogP contribution in [-0.4, -0.2) is 16.1 Å². The molecule has 3 aromatic rings. The zero-order valence-electron chi connectivity index (χ0n) is 14.1. The second-order valence-corrected chi connectivity index (χ2v) is 6.56. The minimum atomic E-state index is -0.980. The van der Waals surface area contributed by atoms with Gasteiger partial charge in [-0.2, -0.15) is 0 Å². The Morgan fingerprint density at radius 2 is 1.88 bits per heavy atom. The van der Waals surface area contributed by atoms with E-state index in [4.69, 9.17) is 11.6 Å². The molecule has 0 fully saturated rings. The highest BCUT2D eigenvalue weighted by molar-refractivity contribution is 6.35. The van der Waals surface area contributed by atoms with E-state index in [1.54, 1.807) is 24.3 Å². The fourth-order valence-electron chi connectivity index (χ4n) is 2.96. The summed E-state index contributed by atoms with van der Waals surface area (Å²) in [5.74, 6) is -0.980. The molecule has 25 heavy (non-hydrogen) atoms. The van der Waals surface area contributed by atoms with Crippen LogP contribution < -0.4 is 0 Å². The number of hydrogen-bond acceptors (Lipinski definition) is 2. The monoisotopic (exact) mass is 353 g/mol. The van der Waals surface area contributed by atoms with Gasteiger partial charge in [0.05, 0.1) is 21.8 Å². The van der Waals surface area contributed by atoms with E-state index in [2.05, 4.69) is 24.0 Å². The summed E-state index contributed by atoms with van der Waals surface area (Å²) in [4.78, 5) is 16.2. The molecule has 0 saturated heterocycles. The number of nitrogens with zero attached hydrogens (tertiary/aromatic N) is 1. The van der Waals surface area contributed by atoms with Crippen LogP contribution in [0.1, 0.15) is 42.1 Å². The normalized spacial score (nSPS) is 11.0. The minimum absolute atomic E-state index is 0.217. The molecule has 0 aliphatic heterocycles. The Hall–Kier alpha value is -2.39. The number of benzene rings is 2. The maximum absolute atomic E-state index is 11.6. The highest BCUT2D eigenvalue weighted by Gasteiger charge is 2.14. The number of rotatable bonds is 6. The van der Waals surface area contributed by atoms with E-state index in [1.165, 1.54) is 24.8 Å². The second kappa shape index (κ2) is 7.66. The van der Waals surface area contributed by atoms with Gasteiger partial charge in [-0.15, -0.1) is 0 Å². The first kappa shape index (κ1) is 17.4. The summed E-state index contributed by atoms with van der Waals surface area (Å²) in [5, 5.41) is 10.6. The number of aryl methyl sites for hydroxylation is 1. The Balaban J connectivity index is 2.01. The average Bonchev–Trinajstić information content (AvgIpc) is 2.62. The molecular weight excluding hydrogens is 334 g/mol. The third-order valence-corrected chi connectivity index (χ3v) is 4.64. The van der Waals surface area contributed by atoms with Gasteiger partial charge in [0.2, 0.25) is 0 Å². The van der Waals surface area contributed by atoms with Crippen LogP contribution in [0.15, 0.2) is 48.5 Å². The van der Waals surface area contributed by atoms with Gasteiger partial charge in [-0.05, 0) is 30.5 Å². The average molecular weight is 354 g/mol. The van der Waals surface area contributed by atoms with Crippen molar-refractivity contribution in [1.82, 2.24) is 4.98 Å². The fraction of sp³-hybridized carbons (Fsp3) is 0.238. The quantitative estimate of drug-likeness (QED) is 0.554. The van der Waals surface area contributed by atoms with Crippen molar-refractivity contribution in [3.63, 3.8) is 0 Å². The summed E-state index contributed by atoms with van der Waals surface area (Å²) < 4.78 is 0. The van der Waals surface area contributed by atoms with E-state index in [9.17, 15) is 9.90 Å². The molecule has 3 rings (SSSR count). The van der Waals surface area contributed by atoms with Gasteiger partial charge >= 0.3 is 5.97 Å². The second-order valence-electron chi connectivity index (χ2n) is 6.15. The SMILES string of the molecule is CCCCCc1ccc(-c2cc(C(=O)O)c3cccc(Cl)c3n2)cc1. The van der Waals surface area contributed by atoms with Crippen molar-refractivity contribution in [3.8, 4) is 11.3 Å². The predicted octanol–water partition coefficient (Wildman–Crippen LogP) is 5.99. The molecule has 0 unspecified atom stereocenters. The summed E-state index contributed by atoms with van der Waals surface area (Å²) in [7, 11) is 0. The zero-order chi connectivity index (χ0) is 17.8. The molecule has 1 N–H and O–H groups in total. The van der Waals surface area contributed by atoms with Gasteiger partial charge in [-0.3, -0.25) is 0 Å². The number of carboxylic acid groups (broad SMARTS) is 1. The number of carboxylic acids is 1. The Morgan fingerprint density at radius 3 is 2.56 bits per heavy atom. The molecule has 0 spiro atoms.